The van der Waals surface area contributed by atoms with Crippen molar-refractivity contribution in [3.05, 3.63) is 32.7 Å². The summed E-state index contributed by atoms with van der Waals surface area (Å²) >= 11 is 6.48. The molecular formula is C11H8Br2O5. The Bertz CT molecular complexity index is 510. The predicted molar refractivity (Wildman–Crippen MR) is 71.6 cm³/mol. The lowest BCUT2D eigenvalue weighted by molar-refractivity contribution is -0.139. The van der Waals surface area contributed by atoms with Crippen LogP contribution in [0.3, 0.4) is 0 Å². The van der Waals surface area contributed by atoms with Gasteiger partial charge in [-0.05, 0) is 34.1 Å². The van der Waals surface area contributed by atoms with Crippen LogP contribution >= 0.6 is 31.9 Å². The van der Waals surface area contributed by atoms with Crippen molar-refractivity contribution >= 4 is 49.9 Å². The van der Waals surface area contributed by atoms with Gasteiger partial charge in [-0.15, -0.1) is 0 Å². The molecule has 0 aliphatic heterocycles. The van der Waals surface area contributed by atoms with Crippen LogP contribution in [0.5, 0.6) is 5.75 Å². The fourth-order valence-corrected chi connectivity index (χ4v) is 2.52. The van der Waals surface area contributed by atoms with Gasteiger partial charge in [-0.25, -0.2) is 9.59 Å². The second kappa shape index (κ2) is 6.55. The van der Waals surface area contributed by atoms with Gasteiger partial charge in [0.2, 0.25) is 0 Å². The zero-order valence-electron chi connectivity index (χ0n) is 8.89. The van der Waals surface area contributed by atoms with Crippen LogP contribution in [0.2, 0.25) is 0 Å². The minimum absolute atomic E-state index is 0.276. The molecule has 0 saturated heterocycles. The Morgan fingerprint density at radius 1 is 1.28 bits per heavy atom. The van der Waals surface area contributed by atoms with Crippen LogP contribution in [0, 0.1) is 0 Å². The van der Waals surface area contributed by atoms with Crippen LogP contribution in [0.1, 0.15) is 5.56 Å². The van der Waals surface area contributed by atoms with Crippen molar-refractivity contribution in [2.24, 2.45) is 0 Å². The van der Waals surface area contributed by atoms with Gasteiger partial charge in [0.1, 0.15) is 5.75 Å². The summed E-state index contributed by atoms with van der Waals surface area (Å²) in [7, 11) is 0. The predicted octanol–water partition coefficient (Wildman–Crippen LogP) is 2.77. The third-order valence-corrected chi connectivity index (χ3v) is 2.83. The average Bonchev–Trinajstić information content (AvgIpc) is 2.24. The van der Waals surface area contributed by atoms with E-state index in [1.807, 2.05) is 0 Å². The van der Waals surface area contributed by atoms with Crippen LogP contribution in [0.4, 0.5) is 0 Å². The van der Waals surface area contributed by atoms with E-state index in [2.05, 4.69) is 31.9 Å². The number of rotatable bonds is 5. The lowest BCUT2D eigenvalue weighted by Crippen LogP contribution is -2.10. The molecule has 0 aromatic heterocycles. The molecule has 1 aromatic rings. The number of halogens is 2. The molecule has 1 rings (SSSR count). The van der Waals surface area contributed by atoms with E-state index >= 15 is 0 Å². The Balaban J connectivity index is 3.12. The standard InChI is InChI=1S/C11H8Br2O5/c12-7-3-6(1-2-9(14)15)11(8(13)4-7)18-5-10(16)17/h1-4H,5H2,(H,14,15)(H,16,17)/b2-1+. The van der Waals surface area contributed by atoms with Gasteiger partial charge in [-0.3, -0.25) is 0 Å². The van der Waals surface area contributed by atoms with Crippen molar-refractivity contribution in [2.45, 2.75) is 0 Å². The van der Waals surface area contributed by atoms with Crippen LogP contribution in [0.15, 0.2) is 27.2 Å². The summed E-state index contributed by atoms with van der Waals surface area (Å²) in [6, 6.07) is 3.30. The van der Waals surface area contributed by atoms with E-state index in [-0.39, 0.29) is 5.75 Å². The summed E-state index contributed by atoms with van der Waals surface area (Å²) in [4.78, 5) is 20.9. The number of aliphatic carboxylic acids is 2. The largest absolute Gasteiger partial charge is 0.480 e. The fraction of sp³-hybridized carbons (Fsp3) is 0.0909. The van der Waals surface area contributed by atoms with Gasteiger partial charge in [0.25, 0.3) is 0 Å². The maximum Gasteiger partial charge on any atom is 0.341 e. The minimum atomic E-state index is -1.11. The summed E-state index contributed by atoms with van der Waals surface area (Å²) < 4.78 is 6.35. The third kappa shape index (κ3) is 4.50. The van der Waals surface area contributed by atoms with E-state index in [1.54, 1.807) is 12.1 Å². The molecule has 0 bridgehead atoms. The first-order valence-corrected chi connectivity index (χ1v) is 6.23. The summed E-state index contributed by atoms with van der Waals surface area (Å²) in [6.07, 6.45) is 2.27. The van der Waals surface area contributed by atoms with Gasteiger partial charge in [0.15, 0.2) is 6.61 Å². The molecule has 0 aliphatic rings. The summed E-state index contributed by atoms with van der Waals surface area (Å²) in [5.74, 6) is -1.94. The second-order valence-corrected chi connectivity index (χ2v) is 4.93. The highest BCUT2D eigenvalue weighted by molar-refractivity contribution is 9.11. The Morgan fingerprint density at radius 2 is 1.94 bits per heavy atom. The maximum absolute atomic E-state index is 10.5. The van der Waals surface area contributed by atoms with E-state index in [0.717, 1.165) is 6.08 Å². The summed E-state index contributed by atoms with van der Waals surface area (Å²) in [5, 5.41) is 17.1. The van der Waals surface area contributed by atoms with E-state index < -0.39 is 18.5 Å². The molecule has 5 nitrogen and oxygen atoms in total. The highest BCUT2D eigenvalue weighted by Gasteiger charge is 2.10. The monoisotopic (exact) mass is 378 g/mol. The van der Waals surface area contributed by atoms with Crippen LogP contribution in [-0.4, -0.2) is 28.8 Å². The zero-order chi connectivity index (χ0) is 13.7. The average molecular weight is 380 g/mol. The first-order chi connectivity index (χ1) is 8.40. The van der Waals surface area contributed by atoms with Crippen molar-refractivity contribution in [1.82, 2.24) is 0 Å². The van der Waals surface area contributed by atoms with Crippen molar-refractivity contribution in [3.8, 4) is 5.75 Å². The quantitative estimate of drug-likeness (QED) is 0.768. The molecule has 1 aromatic carbocycles. The van der Waals surface area contributed by atoms with Crippen LogP contribution in [-0.2, 0) is 9.59 Å². The lowest BCUT2D eigenvalue weighted by atomic mass is 10.2. The molecule has 0 unspecified atom stereocenters. The molecule has 18 heavy (non-hydrogen) atoms. The van der Waals surface area contributed by atoms with E-state index in [1.165, 1.54) is 6.08 Å². The zero-order valence-corrected chi connectivity index (χ0v) is 12.1. The molecule has 0 saturated carbocycles. The molecule has 0 aliphatic carbocycles. The first kappa shape index (κ1) is 14.7. The molecule has 2 N–H and O–H groups in total. The van der Waals surface area contributed by atoms with Crippen LogP contribution in [0.25, 0.3) is 6.08 Å². The highest BCUT2D eigenvalue weighted by atomic mass is 79.9. The maximum atomic E-state index is 10.5. The first-order valence-electron chi connectivity index (χ1n) is 4.65. The smallest absolute Gasteiger partial charge is 0.341 e. The molecule has 0 fully saturated rings. The fourth-order valence-electron chi connectivity index (χ4n) is 1.15. The number of benzene rings is 1. The van der Waals surface area contributed by atoms with Gasteiger partial charge in [-0.1, -0.05) is 15.9 Å². The summed E-state index contributed by atoms with van der Waals surface area (Å²) in [5.41, 5.74) is 0.458. The minimum Gasteiger partial charge on any atom is -0.480 e. The molecular weight excluding hydrogens is 372 g/mol. The molecule has 0 amide bonds. The van der Waals surface area contributed by atoms with Crippen molar-refractivity contribution in [1.29, 1.82) is 0 Å². The number of hydrogen-bond donors (Lipinski definition) is 2. The Hall–Kier alpha value is -1.34. The summed E-state index contributed by atoms with van der Waals surface area (Å²) in [6.45, 7) is -0.506. The van der Waals surface area contributed by atoms with Gasteiger partial charge in [0.05, 0.1) is 4.47 Å². The van der Waals surface area contributed by atoms with Gasteiger partial charge < -0.3 is 14.9 Å². The topological polar surface area (TPSA) is 83.8 Å². The van der Waals surface area contributed by atoms with Crippen molar-refractivity contribution in [2.75, 3.05) is 6.61 Å². The molecule has 0 heterocycles. The lowest BCUT2D eigenvalue weighted by Gasteiger charge is -2.10. The number of carboxylic acid groups (broad SMARTS) is 2. The SMILES string of the molecule is O=C(O)/C=C/c1cc(Br)cc(Br)c1OCC(=O)O. The molecule has 7 heteroatoms. The molecule has 96 valence electrons. The molecule has 0 atom stereocenters. The Labute approximate surface area is 119 Å². The van der Waals surface area contributed by atoms with E-state index in [9.17, 15) is 9.59 Å². The number of carbonyl (C=O) groups is 2. The van der Waals surface area contributed by atoms with E-state index in [4.69, 9.17) is 14.9 Å². The number of carboxylic acids is 2. The third-order valence-electron chi connectivity index (χ3n) is 1.78. The molecule has 0 radical (unpaired) electrons. The number of ether oxygens (including phenoxy) is 1. The van der Waals surface area contributed by atoms with E-state index in [0.29, 0.717) is 14.5 Å². The Kier molecular flexibility index (Phi) is 5.36. The van der Waals surface area contributed by atoms with Crippen LogP contribution < -0.4 is 4.74 Å². The van der Waals surface area contributed by atoms with Crippen molar-refractivity contribution in [3.63, 3.8) is 0 Å². The Morgan fingerprint density at radius 3 is 2.50 bits per heavy atom. The van der Waals surface area contributed by atoms with Gasteiger partial charge in [-0.2, -0.15) is 0 Å². The normalized spacial score (nSPS) is 10.6. The second-order valence-electron chi connectivity index (χ2n) is 3.16. The number of hydrogen-bond acceptors (Lipinski definition) is 3. The highest BCUT2D eigenvalue weighted by Crippen LogP contribution is 2.33. The van der Waals surface area contributed by atoms with Gasteiger partial charge >= 0.3 is 11.9 Å². The van der Waals surface area contributed by atoms with Gasteiger partial charge in [0, 0.05) is 16.1 Å². The molecule has 0 spiro atoms. The van der Waals surface area contributed by atoms with Crippen molar-refractivity contribution < 1.29 is 24.5 Å².